The van der Waals surface area contributed by atoms with E-state index in [1.54, 1.807) is 0 Å². The molecule has 57 heavy (non-hydrogen) atoms. The van der Waals surface area contributed by atoms with Gasteiger partial charge in [0.05, 0.1) is 11.0 Å². The van der Waals surface area contributed by atoms with Crippen molar-refractivity contribution in [2.45, 2.75) is 19.3 Å². The van der Waals surface area contributed by atoms with E-state index >= 15 is 0 Å². The molecule has 2 heteroatoms. The monoisotopic (exact) mass is 728 g/mol. The summed E-state index contributed by atoms with van der Waals surface area (Å²) in [5, 5.41) is 5.02. The van der Waals surface area contributed by atoms with Crippen LogP contribution in [-0.4, -0.2) is 4.57 Å². The topological polar surface area (TPSA) is 8.17 Å². The number of para-hydroxylation sites is 2. The van der Waals surface area contributed by atoms with Crippen molar-refractivity contribution in [2.75, 3.05) is 4.90 Å². The lowest BCUT2D eigenvalue weighted by Crippen LogP contribution is -2.14. The molecule has 0 N–H and O–H groups in total. The van der Waals surface area contributed by atoms with Gasteiger partial charge in [0.25, 0.3) is 0 Å². The van der Waals surface area contributed by atoms with Crippen LogP contribution >= 0.6 is 0 Å². The molecule has 1 heterocycles. The summed E-state index contributed by atoms with van der Waals surface area (Å²) in [5.41, 5.74) is 17.3. The molecule has 0 atom stereocenters. The van der Waals surface area contributed by atoms with Crippen molar-refractivity contribution in [3.63, 3.8) is 0 Å². The van der Waals surface area contributed by atoms with Crippen molar-refractivity contribution < 1.29 is 0 Å². The van der Waals surface area contributed by atoms with Gasteiger partial charge in [0.1, 0.15) is 0 Å². The number of fused-ring (bicyclic) bond motifs is 8. The number of nitrogens with zero attached hydrogens (tertiary/aromatic N) is 2. The van der Waals surface area contributed by atoms with Gasteiger partial charge < -0.3 is 9.47 Å². The Morgan fingerprint density at radius 1 is 0.386 bits per heavy atom. The van der Waals surface area contributed by atoms with Crippen LogP contribution in [0.3, 0.4) is 0 Å². The largest absolute Gasteiger partial charge is 0.311 e. The maximum Gasteiger partial charge on any atom is 0.0619 e. The van der Waals surface area contributed by atoms with Crippen molar-refractivity contribution in [1.82, 2.24) is 4.57 Å². The van der Waals surface area contributed by atoms with E-state index in [1.165, 1.54) is 82.8 Å². The summed E-state index contributed by atoms with van der Waals surface area (Å²) < 4.78 is 2.42. The van der Waals surface area contributed by atoms with Crippen LogP contribution in [0.25, 0.3) is 71.6 Å². The third-order valence-electron chi connectivity index (χ3n) is 12.2. The number of anilines is 3. The Morgan fingerprint density at radius 3 is 1.68 bits per heavy atom. The molecule has 0 spiro atoms. The smallest absolute Gasteiger partial charge is 0.0619 e. The molecule has 0 saturated heterocycles. The van der Waals surface area contributed by atoms with E-state index in [1.807, 2.05) is 0 Å². The predicted molar refractivity (Wildman–Crippen MR) is 241 cm³/mol. The molecule has 10 aromatic rings. The lowest BCUT2D eigenvalue weighted by atomic mass is 9.81. The molecular weight excluding hydrogens is 689 g/mol. The minimum atomic E-state index is -0.0279. The first-order chi connectivity index (χ1) is 28.0. The zero-order chi connectivity index (χ0) is 38.1. The van der Waals surface area contributed by atoms with Crippen LogP contribution in [-0.2, 0) is 5.41 Å². The molecule has 0 saturated carbocycles. The predicted octanol–water partition coefficient (Wildman–Crippen LogP) is 15.0. The van der Waals surface area contributed by atoms with E-state index in [0.29, 0.717) is 0 Å². The fraction of sp³-hybridized carbons (Fsp3) is 0.0545. The molecule has 0 aliphatic heterocycles. The molecule has 270 valence electrons. The highest BCUT2D eigenvalue weighted by atomic mass is 15.1. The van der Waals surface area contributed by atoms with Gasteiger partial charge in [0.15, 0.2) is 0 Å². The van der Waals surface area contributed by atoms with Gasteiger partial charge >= 0.3 is 0 Å². The van der Waals surface area contributed by atoms with Crippen LogP contribution in [0.1, 0.15) is 25.0 Å². The second-order valence-corrected chi connectivity index (χ2v) is 15.8. The van der Waals surface area contributed by atoms with Crippen LogP contribution < -0.4 is 4.90 Å². The zero-order valence-electron chi connectivity index (χ0n) is 32.0. The average molecular weight is 729 g/mol. The Hall–Kier alpha value is -7.16. The number of benzene rings is 9. The lowest BCUT2D eigenvalue weighted by molar-refractivity contribution is 0.660. The Balaban J connectivity index is 0.957. The van der Waals surface area contributed by atoms with Crippen LogP contribution in [0.15, 0.2) is 206 Å². The van der Waals surface area contributed by atoms with E-state index in [0.717, 1.165) is 17.1 Å². The van der Waals surface area contributed by atoms with E-state index in [4.69, 9.17) is 0 Å². The minimum Gasteiger partial charge on any atom is -0.311 e. The highest BCUT2D eigenvalue weighted by Crippen LogP contribution is 2.49. The fourth-order valence-corrected chi connectivity index (χ4v) is 9.32. The van der Waals surface area contributed by atoms with Gasteiger partial charge in [-0.05, 0) is 117 Å². The van der Waals surface area contributed by atoms with Gasteiger partial charge in [0, 0.05) is 44.3 Å². The maximum atomic E-state index is 2.42. The standard InChI is InChI=1S/C55H40N2/c1-55(2)51-20-12-11-19-47(51)48-32-26-41(36-52(48)55)38-23-30-45(31-24-38)56(42-14-5-3-6-15-42)44-28-21-37(22-29-44)40-27-34-53-50(35-40)49-33-25-39-13-9-10-18-46(39)54(49)57(53)43-16-7-4-8-17-43/h3-36H,1-2H3. The molecule has 1 aliphatic carbocycles. The summed E-state index contributed by atoms with van der Waals surface area (Å²) in [4.78, 5) is 2.35. The molecule has 0 amide bonds. The van der Waals surface area contributed by atoms with Crippen molar-refractivity contribution in [2.24, 2.45) is 0 Å². The molecule has 0 fully saturated rings. The molecule has 9 aromatic carbocycles. The second kappa shape index (κ2) is 13.0. The number of aromatic nitrogens is 1. The lowest BCUT2D eigenvalue weighted by Gasteiger charge is -2.26. The van der Waals surface area contributed by atoms with Crippen LogP contribution in [0.2, 0.25) is 0 Å². The summed E-state index contributed by atoms with van der Waals surface area (Å²) in [6.07, 6.45) is 0. The Kier molecular flexibility index (Phi) is 7.55. The van der Waals surface area contributed by atoms with Crippen LogP contribution in [0, 0.1) is 0 Å². The third kappa shape index (κ3) is 5.33. The van der Waals surface area contributed by atoms with E-state index in [2.05, 4.69) is 230 Å². The summed E-state index contributed by atoms with van der Waals surface area (Å²) in [6.45, 7) is 4.69. The molecule has 0 unspecified atom stereocenters. The van der Waals surface area contributed by atoms with Gasteiger partial charge in [-0.25, -0.2) is 0 Å². The van der Waals surface area contributed by atoms with Gasteiger partial charge in [0.2, 0.25) is 0 Å². The summed E-state index contributed by atoms with van der Waals surface area (Å²) in [6, 6.07) is 75.5. The molecule has 0 radical (unpaired) electrons. The molecule has 2 nitrogen and oxygen atoms in total. The number of hydrogen-bond donors (Lipinski definition) is 0. The minimum absolute atomic E-state index is 0.0279. The number of rotatable bonds is 6. The Bertz CT molecular complexity index is 3120. The molecular formula is C55H40N2. The van der Waals surface area contributed by atoms with E-state index in [9.17, 15) is 0 Å². The van der Waals surface area contributed by atoms with Crippen LogP contribution in [0.4, 0.5) is 17.1 Å². The molecule has 1 aliphatic rings. The van der Waals surface area contributed by atoms with Crippen LogP contribution in [0.5, 0.6) is 0 Å². The van der Waals surface area contributed by atoms with Gasteiger partial charge in [-0.1, -0.05) is 153 Å². The first-order valence-corrected chi connectivity index (χ1v) is 19.8. The summed E-state index contributed by atoms with van der Waals surface area (Å²) in [7, 11) is 0. The Labute approximate surface area is 333 Å². The quantitative estimate of drug-likeness (QED) is 0.165. The number of hydrogen-bond acceptors (Lipinski definition) is 1. The van der Waals surface area contributed by atoms with Crippen molar-refractivity contribution >= 4 is 49.6 Å². The highest BCUT2D eigenvalue weighted by molar-refractivity contribution is 6.19. The fourth-order valence-electron chi connectivity index (χ4n) is 9.32. The zero-order valence-corrected chi connectivity index (χ0v) is 32.0. The second-order valence-electron chi connectivity index (χ2n) is 15.8. The molecule has 11 rings (SSSR count). The van der Waals surface area contributed by atoms with Gasteiger partial charge in [-0.2, -0.15) is 0 Å². The van der Waals surface area contributed by atoms with Crippen molar-refractivity contribution in [1.29, 1.82) is 0 Å². The summed E-state index contributed by atoms with van der Waals surface area (Å²) >= 11 is 0. The third-order valence-corrected chi connectivity index (χ3v) is 12.2. The van der Waals surface area contributed by atoms with Crippen molar-refractivity contribution in [3.05, 3.63) is 217 Å². The maximum absolute atomic E-state index is 2.42. The first kappa shape index (κ1) is 33.2. The van der Waals surface area contributed by atoms with E-state index in [-0.39, 0.29) is 5.41 Å². The van der Waals surface area contributed by atoms with Gasteiger partial charge in [-0.3, -0.25) is 0 Å². The average Bonchev–Trinajstić information content (AvgIpc) is 3.73. The summed E-state index contributed by atoms with van der Waals surface area (Å²) in [5.74, 6) is 0. The SMILES string of the molecule is CC1(C)c2ccccc2-c2ccc(-c3ccc(N(c4ccccc4)c4ccc(-c5ccc6c(c5)c5ccc7ccccc7c5n6-c5ccccc5)cc4)cc3)cc21. The highest BCUT2D eigenvalue weighted by Gasteiger charge is 2.35. The van der Waals surface area contributed by atoms with E-state index < -0.39 is 0 Å². The molecule has 1 aromatic heterocycles. The van der Waals surface area contributed by atoms with Gasteiger partial charge in [-0.15, -0.1) is 0 Å². The molecule has 0 bridgehead atoms. The van der Waals surface area contributed by atoms with Crippen molar-refractivity contribution in [3.8, 4) is 39.1 Å². The Morgan fingerprint density at radius 2 is 0.947 bits per heavy atom. The first-order valence-electron chi connectivity index (χ1n) is 19.8. The normalized spacial score (nSPS) is 12.9.